The van der Waals surface area contributed by atoms with Crippen LogP contribution < -0.4 is 21.3 Å². The van der Waals surface area contributed by atoms with Gasteiger partial charge in [0.25, 0.3) is 0 Å². The van der Waals surface area contributed by atoms with Crippen LogP contribution in [0, 0.1) is 0 Å². The first-order valence-electron chi connectivity index (χ1n) is 14.2. The summed E-state index contributed by atoms with van der Waals surface area (Å²) in [5.74, 6) is -0.165. The van der Waals surface area contributed by atoms with E-state index in [9.17, 15) is 9.59 Å². The molecule has 6 heteroatoms. The Bertz CT molecular complexity index is 1490. The lowest BCUT2D eigenvalue weighted by atomic mass is 9.91. The van der Waals surface area contributed by atoms with Crippen LogP contribution in [0.25, 0.3) is 21.5 Å². The largest absolute Gasteiger partial charge is 0.354 e. The van der Waals surface area contributed by atoms with Crippen molar-refractivity contribution in [2.75, 3.05) is 13.1 Å². The lowest BCUT2D eigenvalue weighted by molar-refractivity contribution is -0.123. The van der Waals surface area contributed by atoms with Gasteiger partial charge in [-0.1, -0.05) is 109 Å². The molecule has 2 atom stereocenters. The Hall–Kier alpha value is -4.52. The molecule has 0 aliphatic carbocycles. The number of benzene rings is 5. The molecule has 206 valence electrons. The standard InChI is InChI=1S/C35H34N4O2/c40-34-32(24-12-3-1-4-13-24)38-22-30-26-16-7-9-18-28(26)31(29-19-10-8-17-27(29)30)23-39-33(25-14-5-2-6-15-25)35(41)37-21-11-20-36-34/h1-10,12-19,32-33,38-39H,11,20-23H2,(H,36,40)(H,37,41)/t32-,33-/m0/s1. The minimum atomic E-state index is -0.511. The second kappa shape index (κ2) is 12.3. The Kier molecular flexibility index (Phi) is 8.03. The third kappa shape index (κ3) is 5.71. The van der Waals surface area contributed by atoms with Gasteiger partial charge in [0, 0.05) is 26.2 Å². The van der Waals surface area contributed by atoms with Crippen molar-refractivity contribution >= 4 is 33.4 Å². The first-order chi connectivity index (χ1) is 20.2. The van der Waals surface area contributed by atoms with Crippen LogP contribution in [0.15, 0.2) is 109 Å². The number of fused-ring (bicyclic) bond motifs is 3. The van der Waals surface area contributed by atoms with Crippen LogP contribution in [-0.2, 0) is 22.7 Å². The summed E-state index contributed by atoms with van der Waals surface area (Å²) in [6.07, 6.45) is 0.631. The third-order valence-corrected chi connectivity index (χ3v) is 7.86. The molecule has 0 unspecified atom stereocenters. The van der Waals surface area contributed by atoms with Crippen molar-refractivity contribution in [3.05, 3.63) is 131 Å². The van der Waals surface area contributed by atoms with Gasteiger partial charge in [0.05, 0.1) is 0 Å². The van der Waals surface area contributed by atoms with Crippen molar-refractivity contribution in [2.24, 2.45) is 0 Å². The van der Waals surface area contributed by atoms with E-state index in [1.54, 1.807) is 0 Å². The molecule has 0 radical (unpaired) electrons. The van der Waals surface area contributed by atoms with E-state index in [4.69, 9.17) is 0 Å². The van der Waals surface area contributed by atoms with Gasteiger partial charge in [-0.25, -0.2) is 0 Å². The summed E-state index contributed by atoms with van der Waals surface area (Å²) in [6, 6.07) is 35.5. The molecule has 2 amide bonds. The first kappa shape index (κ1) is 26.7. The van der Waals surface area contributed by atoms with Gasteiger partial charge in [0.1, 0.15) is 12.1 Å². The fraction of sp³-hybridized carbons (Fsp3) is 0.200. The number of carbonyl (C=O) groups excluding carboxylic acids is 2. The van der Waals surface area contributed by atoms with Crippen molar-refractivity contribution in [2.45, 2.75) is 31.6 Å². The summed E-state index contributed by atoms with van der Waals surface area (Å²) in [7, 11) is 0. The van der Waals surface area contributed by atoms with Crippen LogP contribution in [0.4, 0.5) is 0 Å². The van der Waals surface area contributed by atoms with E-state index in [1.807, 2.05) is 60.7 Å². The number of hydrogen-bond acceptors (Lipinski definition) is 4. The molecule has 0 saturated carbocycles. The molecule has 6 rings (SSSR count). The molecule has 5 aromatic carbocycles. The summed E-state index contributed by atoms with van der Waals surface area (Å²) in [6.45, 7) is 1.98. The Morgan fingerprint density at radius 2 is 0.805 bits per heavy atom. The van der Waals surface area contributed by atoms with Crippen LogP contribution in [0.3, 0.4) is 0 Å². The summed E-state index contributed by atoms with van der Waals surface area (Å²) in [4.78, 5) is 27.0. The highest BCUT2D eigenvalue weighted by atomic mass is 16.2. The molecule has 41 heavy (non-hydrogen) atoms. The van der Waals surface area contributed by atoms with Crippen LogP contribution in [-0.4, -0.2) is 24.9 Å². The van der Waals surface area contributed by atoms with Gasteiger partial charge in [-0.3, -0.25) is 20.2 Å². The normalized spacial score (nSPS) is 19.0. The van der Waals surface area contributed by atoms with Crippen LogP contribution in [0.5, 0.6) is 0 Å². The van der Waals surface area contributed by atoms with Crippen molar-refractivity contribution < 1.29 is 9.59 Å². The first-order valence-corrected chi connectivity index (χ1v) is 14.2. The number of rotatable bonds is 2. The van der Waals surface area contributed by atoms with Crippen molar-refractivity contribution in [3.8, 4) is 0 Å². The van der Waals surface area contributed by atoms with E-state index in [2.05, 4.69) is 69.8 Å². The minimum absolute atomic E-state index is 0.0825. The van der Waals surface area contributed by atoms with E-state index < -0.39 is 12.1 Å². The third-order valence-electron chi connectivity index (χ3n) is 7.86. The highest BCUT2D eigenvalue weighted by Gasteiger charge is 2.24. The summed E-state index contributed by atoms with van der Waals surface area (Å²) >= 11 is 0. The predicted molar refractivity (Wildman–Crippen MR) is 164 cm³/mol. The number of nitrogens with one attached hydrogen (secondary N) is 4. The van der Waals surface area contributed by atoms with E-state index >= 15 is 0 Å². The highest BCUT2D eigenvalue weighted by molar-refractivity contribution is 6.06. The van der Waals surface area contributed by atoms with E-state index in [-0.39, 0.29) is 11.8 Å². The molecule has 0 fully saturated rings. The smallest absolute Gasteiger partial charge is 0.241 e. The molecule has 0 spiro atoms. The second-order valence-electron chi connectivity index (χ2n) is 10.4. The molecular formula is C35H34N4O2. The van der Waals surface area contributed by atoms with Gasteiger partial charge in [0.2, 0.25) is 11.8 Å². The molecule has 2 bridgehead atoms. The zero-order chi connectivity index (χ0) is 28.0. The van der Waals surface area contributed by atoms with Crippen molar-refractivity contribution in [1.29, 1.82) is 0 Å². The van der Waals surface area contributed by atoms with E-state index in [1.165, 1.54) is 0 Å². The van der Waals surface area contributed by atoms with Gasteiger partial charge in [0.15, 0.2) is 0 Å². The number of amides is 2. The Morgan fingerprint density at radius 3 is 1.17 bits per heavy atom. The maximum absolute atomic E-state index is 13.5. The van der Waals surface area contributed by atoms with Crippen LogP contribution >= 0.6 is 0 Å². The quantitative estimate of drug-likeness (QED) is 0.229. The Labute approximate surface area is 240 Å². The van der Waals surface area contributed by atoms with Gasteiger partial charge in [-0.05, 0) is 50.2 Å². The fourth-order valence-electron chi connectivity index (χ4n) is 5.83. The van der Waals surface area contributed by atoms with Gasteiger partial charge < -0.3 is 10.6 Å². The van der Waals surface area contributed by atoms with Crippen LogP contribution in [0.1, 0.15) is 40.8 Å². The molecule has 0 aromatic heterocycles. The summed E-state index contributed by atoms with van der Waals surface area (Å²) < 4.78 is 0. The van der Waals surface area contributed by atoms with E-state index in [0.717, 1.165) is 43.8 Å². The maximum Gasteiger partial charge on any atom is 0.241 e. The zero-order valence-corrected chi connectivity index (χ0v) is 22.9. The molecule has 6 nitrogen and oxygen atoms in total. The van der Waals surface area contributed by atoms with Gasteiger partial charge in [-0.15, -0.1) is 0 Å². The van der Waals surface area contributed by atoms with E-state index in [0.29, 0.717) is 32.6 Å². The molecule has 1 heterocycles. The molecule has 4 N–H and O–H groups in total. The Balaban J connectivity index is 1.46. The second-order valence-corrected chi connectivity index (χ2v) is 10.4. The lowest BCUT2D eigenvalue weighted by Gasteiger charge is -2.22. The van der Waals surface area contributed by atoms with Crippen molar-refractivity contribution in [1.82, 2.24) is 21.3 Å². The lowest BCUT2D eigenvalue weighted by Crippen LogP contribution is -2.40. The number of carbonyl (C=O) groups is 2. The highest BCUT2D eigenvalue weighted by Crippen LogP contribution is 2.34. The number of hydrogen-bond donors (Lipinski definition) is 4. The van der Waals surface area contributed by atoms with Gasteiger partial charge >= 0.3 is 0 Å². The minimum Gasteiger partial charge on any atom is -0.354 e. The molecule has 1 aliphatic heterocycles. The molecular weight excluding hydrogens is 508 g/mol. The van der Waals surface area contributed by atoms with Gasteiger partial charge in [-0.2, -0.15) is 0 Å². The monoisotopic (exact) mass is 542 g/mol. The summed E-state index contributed by atoms with van der Waals surface area (Å²) in [5, 5.41) is 17.9. The topological polar surface area (TPSA) is 82.3 Å². The fourth-order valence-corrected chi connectivity index (χ4v) is 5.83. The Morgan fingerprint density at radius 1 is 0.463 bits per heavy atom. The predicted octanol–water partition coefficient (Wildman–Crippen LogP) is 5.29. The zero-order valence-electron chi connectivity index (χ0n) is 22.9. The van der Waals surface area contributed by atoms with Crippen molar-refractivity contribution in [3.63, 3.8) is 0 Å². The molecule has 5 aromatic rings. The molecule has 0 saturated heterocycles. The summed E-state index contributed by atoms with van der Waals surface area (Å²) in [5.41, 5.74) is 4.12. The average Bonchev–Trinajstić information content (AvgIpc) is 3.02. The van der Waals surface area contributed by atoms with Crippen LogP contribution in [0.2, 0.25) is 0 Å². The maximum atomic E-state index is 13.5. The average molecular weight is 543 g/mol. The molecule has 1 aliphatic rings. The SMILES string of the molecule is O=C1NCCCNC(=O)[C@H](c2ccccc2)NCc2c3ccccc3c(c3ccccc23)CN[C@H]1c1ccccc1.